The van der Waals surface area contributed by atoms with Gasteiger partial charge in [-0.2, -0.15) is 0 Å². The molecule has 0 aromatic heterocycles. The van der Waals surface area contributed by atoms with E-state index >= 15 is 0 Å². The Morgan fingerprint density at radius 1 is 0.591 bits per heavy atom. The third-order valence-electron chi connectivity index (χ3n) is 3.76. The number of nitrogens with two attached hydrogens (primary N) is 1. The van der Waals surface area contributed by atoms with Crippen molar-refractivity contribution in [2.45, 2.75) is 6.92 Å². The molecule has 0 atom stereocenters. The minimum absolute atomic E-state index is 0.802. The lowest BCUT2D eigenvalue weighted by Gasteiger charge is -2.14. The molecule has 0 bridgehead atoms. The Bertz CT molecular complexity index is 769. The van der Waals surface area contributed by atoms with Crippen LogP contribution in [-0.4, -0.2) is 0 Å². The fourth-order valence-corrected chi connectivity index (χ4v) is 2.56. The molecule has 3 aromatic carbocycles. The van der Waals surface area contributed by atoms with Gasteiger partial charge in [-0.25, -0.2) is 0 Å². The lowest BCUT2D eigenvalue weighted by Crippen LogP contribution is -2.02. The zero-order valence-corrected chi connectivity index (χ0v) is 12.7. The van der Waals surface area contributed by atoms with Gasteiger partial charge in [-0.15, -0.1) is 0 Å². The van der Waals surface area contributed by atoms with E-state index in [1.807, 2.05) is 48.5 Å². The van der Waals surface area contributed by atoms with E-state index in [2.05, 4.69) is 43.3 Å². The molecule has 3 aromatic rings. The second kappa shape index (κ2) is 6.31. The SMILES string of the molecule is Cc1ccc(/C(=C(\N)c2ccccc2)c2ccccc2)cc1. The van der Waals surface area contributed by atoms with E-state index in [1.165, 1.54) is 5.56 Å². The summed E-state index contributed by atoms with van der Waals surface area (Å²) in [5.74, 6) is 0. The molecule has 0 fully saturated rings. The van der Waals surface area contributed by atoms with Gasteiger partial charge in [0.25, 0.3) is 0 Å². The molecule has 0 heterocycles. The Balaban J connectivity index is 2.21. The van der Waals surface area contributed by atoms with Gasteiger partial charge in [-0.3, -0.25) is 0 Å². The van der Waals surface area contributed by atoms with E-state index in [0.29, 0.717) is 0 Å². The van der Waals surface area contributed by atoms with Crippen LogP contribution in [0.2, 0.25) is 0 Å². The standard InChI is InChI=1S/C21H19N/c1-16-12-14-18(15-13-16)20(17-8-4-2-5-9-17)21(22)19-10-6-3-7-11-19/h2-15H,22H2,1H3/b21-20-. The van der Waals surface area contributed by atoms with E-state index in [9.17, 15) is 0 Å². The molecule has 0 saturated heterocycles. The molecule has 0 aliphatic rings. The normalized spacial score (nSPS) is 11.9. The van der Waals surface area contributed by atoms with Crippen molar-refractivity contribution < 1.29 is 0 Å². The Kier molecular flexibility index (Phi) is 4.06. The number of hydrogen-bond acceptors (Lipinski definition) is 1. The molecule has 0 spiro atoms. The van der Waals surface area contributed by atoms with Crippen molar-refractivity contribution in [2.75, 3.05) is 0 Å². The average Bonchev–Trinajstić information content (AvgIpc) is 2.58. The van der Waals surface area contributed by atoms with Gasteiger partial charge in [0.15, 0.2) is 0 Å². The maximum absolute atomic E-state index is 6.52. The van der Waals surface area contributed by atoms with Gasteiger partial charge in [0.1, 0.15) is 0 Å². The molecule has 0 amide bonds. The van der Waals surface area contributed by atoms with Crippen LogP contribution in [0.25, 0.3) is 11.3 Å². The summed E-state index contributed by atoms with van der Waals surface area (Å²) in [5.41, 5.74) is 13.0. The van der Waals surface area contributed by atoms with Crippen molar-refractivity contribution in [3.05, 3.63) is 107 Å². The van der Waals surface area contributed by atoms with Crippen LogP contribution < -0.4 is 5.73 Å². The highest BCUT2D eigenvalue weighted by Gasteiger charge is 2.11. The third-order valence-corrected chi connectivity index (χ3v) is 3.76. The van der Waals surface area contributed by atoms with Crippen LogP contribution in [0.3, 0.4) is 0 Å². The Labute approximate surface area is 131 Å². The Morgan fingerprint density at radius 3 is 1.59 bits per heavy atom. The lowest BCUT2D eigenvalue weighted by atomic mass is 9.93. The van der Waals surface area contributed by atoms with E-state index in [0.717, 1.165) is 28.0 Å². The van der Waals surface area contributed by atoms with Gasteiger partial charge in [0.05, 0.1) is 0 Å². The Morgan fingerprint density at radius 2 is 1.05 bits per heavy atom. The van der Waals surface area contributed by atoms with E-state index < -0.39 is 0 Å². The van der Waals surface area contributed by atoms with Gasteiger partial charge in [0, 0.05) is 11.3 Å². The highest BCUT2D eigenvalue weighted by atomic mass is 14.6. The molecule has 0 radical (unpaired) electrons. The van der Waals surface area contributed by atoms with Crippen molar-refractivity contribution in [1.82, 2.24) is 0 Å². The molecule has 2 N–H and O–H groups in total. The predicted octanol–water partition coefficient (Wildman–Crippen LogP) is 4.87. The fraction of sp³-hybridized carbons (Fsp3) is 0.0476. The smallest absolute Gasteiger partial charge is 0.0473 e. The number of benzene rings is 3. The number of hydrogen-bond donors (Lipinski definition) is 1. The second-order valence-corrected chi connectivity index (χ2v) is 5.39. The van der Waals surface area contributed by atoms with Crippen LogP contribution >= 0.6 is 0 Å². The molecule has 1 heteroatoms. The van der Waals surface area contributed by atoms with Gasteiger partial charge in [0.2, 0.25) is 0 Å². The highest BCUT2D eigenvalue weighted by molar-refractivity contribution is 5.97. The first-order valence-electron chi connectivity index (χ1n) is 7.43. The summed E-state index contributed by atoms with van der Waals surface area (Å²) < 4.78 is 0. The molecule has 108 valence electrons. The van der Waals surface area contributed by atoms with Crippen LogP contribution in [-0.2, 0) is 0 Å². The van der Waals surface area contributed by atoms with Gasteiger partial charge in [-0.1, -0.05) is 90.5 Å². The summed E-state index contributed by atoms with van der Waals surface area (Å²) >= 11 is 0. The zero-order valence-electron chi connectivity index (χ0n) is 12.7. The van der Waals surface area contributed by atoms with Crippen molar-refractivity contribution in [2.24, 2.45) is 5.73 Å². The summed E-state index contributed by atoms with van der Waals surface area (Å²) in [6.07, 6.45) is 0. The Hall–Kier alpha value is -2.80. The van der Waals surface area contributed by atoms with Crippen molar-refractivity contribution in [3.63, 3.8) is 0 Å². The van der Waals surface area contributed by atoms with Crippen LogP contribution in [0.1, 0.15) is 22.3 Å². The summed E-state index contributed by atoms with van der Waals surface area (Å²) in [6, 6.07) is 29.0. The molecule has 1 nitrogen and oxygen atoms in total. The van der Waals surface area contributed by atoms with Crippen molar-refractivity contribution in [1.29, 1.82) is 0 Å². The fourth-order valence-electron chi connectivity index (χ4n) is 2.56. The average molecular weight is 285 g/mol. The molecule has 0 aliphatic carbocycles. The molecule has 22 heavy (non-hydrogen) atoms. The molecular weight excluding hydrogens is 266 g/mol. The van der Waals surface area contributed by atoms with Crippen molar-refractivity contribution >= 4 is 11.3 Å². The quantitative estimate of drug-likeness (QED) is 0.683. The molecule has 3 rings (SSSR count). The number of aryl methyl sites for hydroxylation is 1. The second-order valence-electron chi connectivity index (χ2n) is 5.39. The van der Waals surface area contributed by atoms with Gasteiger partial charge < -0.3 is 5.73 Å². The predicted molar refractivity (Wildman–Crippen MR) is 94.2 cm³/mol. The van der Waals surface area contributed by atoms with E-state index in [4.69, 9.17) is 5.73 Å². The van der Waals surface area contributed by atoms with Crippen LogP contribution in [0.4, 0.5) is 0 Å². The molecule has 0 saturated carbocycles. The summed E-state index contributed by atoms with van der Waals surface area (Å²) in [4.78, 5) is 0. The maximum atomic E-state index is 6.52. The van der Waals surface area contributed by atoms with E-state index in [-0.39, 0.29) is 0 Å². The van der Waals surface area contributed by atoms with Crippen LogP contribution in [0.15, 0.2) is 84.9 Å². The zero-order chi connectivity index (χ0) is 15.4. The van der Waals surface area contributed by atoms with E-state index in [1.54, 1.807) is 0 Å². The summed E-state index contributed by atoms with van der Waals surface area (Å²) in [7, 11) is 0. The molecule has 0 aliphatic heterocycles. The lowest BCUT2D eigenvalue weighted by molar-refractivity contribution is 1.43. The summed E-state index contributed by atoms with van der Waals surface area (Å²) in [5, 5.41) is 0. The topological polar surface area (TPSA) is 26.0 Å². The molecule has 0 unspecified atom stereocenters. The largest absolute Gasteiger partial charge is 0.398 e. The first-order chi connectivity index (χ1) is 10.8. The third kappa shape index (κ3) is 2.94. The minimum atomic E-state index is 0.802. The van der Waals surface area contributed by atoms with Crippen LogP contribution in [0, 0.1) is 6.92 Å². The van der Waals surface area contributed by atoms with Gasteiger partial charge in [-0.05, 0) is 23.6 Å². The summed E-state index contributed by atoms with van der Waals surface area (Å²) in [6.45, 7) is 2.09. The number of rotatable bonds is 3. The maximum Gasteiger partial charge on any atom is 0.0473 e. The molecular formula is C21H19N. The first kappa shape index (κ1) is 14.2. The van der Waals surface area contributed by atoms with Crippen LogP contribution in [0.5, 0.6) is 0 Å². The van der Waals surface area contributed by atoms with Crippen molar-refractivity contribution in [3.8, 4) is 0 Å². The monoisotopic (exact) mass is 285 g/mol. The first-order valence-corrected chi connectivity index (χ1v) is 7.43. The minimum Gasteiger partial charge on any atom is -0.398 e. The van der Waals surface area contributed by atoms with Gasteiger partial charge >= 0.3 is 0 Å². The highest BCUT2D eigenvalue weighted by Crippen LogP contribution is 2.29.